The number of carbonyl (C=O) groups is 1. The summed E-state index contributed by atoms with van der Waals surface area (Å²) in [5.74, 6) is -0.986. The Morgan fingerprint density at radius 2 is 2.58 bits per heavy atom. The third-order valence-electron chi connectivity index (χ3n) is 1.43. The first kappa shape index (κ1) is 9.65. The quantitative estimate of drug-likeness (QED) is 0.698. The summed E-state index contributed by atoms with van der Waals surface area (Å²) in [6.07, 6.45) is 3.82. The molecular weight excluding hydrogens is 258 g/mol. The van der Waals surface area contributed by atoms with Gasteiger partial charge in [-0.3, -0.25) is 0 Å². The van der Waals surface area contributed by atoms with Crippen molar-refractivity contribution in [1.29, 1.82) is 0 Å². The van der Waals surface area contributed by atoms with Crippen LogP contribution in [0.25, 0.3) is 0 Å². The third kappa shape index (κ3) is 2.56. The summed E-state index contributed by atoms with van der Waals surface area (Å²) in [7, 11) is 0. The Morgan fingerprint density at radius 1 is 1.92 bits per heavy atom. The molecule has 61 valence electrons. The van der Waals surface area contributed by atoms with Crippen LogP contribution in [0, 0.1) is 0 Å². The van der Waals surface area contributed by atoms with Crippen molar-refractivity contribution in [3.63, 3.8) is 0 Å². The second-order valence-electron chi connectivity index (χ2n) is 2.53. The van der Waals surface area contributed by atoms with E-state index in [0.717, 1.165) is 5.69 Å². The van der Waals surface area contributed by atoms with Crippen molar-refractivity contribution < 1.29 is 36.0 Å². The molecule has 1 rings (SSSR count). The van der Waals surface area contributed by atoms with Crippen molar-refractivity contribution in [2.45, 2.75) is 12.5 Å². The Hall–Kier alpha value is -0.438. The van der Waals surface area contributed by atoms with E-state index in [1.54, 1.807) is 6.33 Å². The molecule has 12 heavy (non-hydrogen) atoms. The van der Waals surface area contributed by atoms with Gasteiger partial charge in [-0.1, -0.05) is 0 Å². The molecule has 0 saturated carbocycles. The van der Waals surface area contributed by atoms with Gasteiger partial charge in [-0.05, 0) is 0 Å². The minimum absolute atomic E-state index is 0.301. The van der Waals surface area contributed by atoms with Crippen LogP contribution in [0.2, 0.25) is 0 Å². The van der Waals surface area contributed by atoms with Crippen molar-refractivity contribution in [2.24, 2.45) is 5.73 Å². The van der Waals surface area contributed by atoms with Gasteiger partial charge in [-0.15, -0.1) is 0 Å². The number of imidazole rings is 1. The number of carboxylic acid groups (broad SMARTS) is 1. The zero-order valence-corrected chi connectivity index (χ0v) is 10.5. The first-order chi connectivity index (χ1) is 5.59. The van der Waals surface area contributed by atoms with Crippen LogP contribution >= 0.6 is 0 Å². The zero-order chi connectivity index (χ0) is 9.14. The van der Waals surface area contributed by atoms with Gasteiger partial charge in [0.05, 0.1) is 0 Å². The molecule has 0 aromatic carbocycles. The van der Waals surface area contributed by atoms with E-state index in [1.165, 1.54) is 0 Å². The molecule has 1 atom stereocenters. The van der Waals surface area contributed by atoms with Gasteiger partial charge < -0.3 is 0 Å². The predicted octanol–water partition coefficient (Wildman–Crippen LogP) is -0.853. The molecule has 0 amide bonds. The SMILES string of the molecule is N[C@H](Cc1c[n]([Cd])cn1)C(=O)O. The average Bonchev–Trinajstić information content (AvgIpc) is 2.35. The number of hydrogen-bond acceptors (Lipinski definition) is 3. The summed E-state index contributed by atoms with van der Waals surface area (Å²) in [5, 5.41) is 8.50. The van der Waals surface area contributed by atoms with Crippen LogP contribution in [0.15, 0.2) is 12.5 Å². The fourth-order valence-corrected chi connectivity index (χ4v) is 1.66. The van der Waals surface area contributed by atoms with E-state index in [4.69, 9.17) is 10.8 Å². The van der Waals surface area contributed by atoms with E-state index in [2.05, 4.69) is 4.98 Å². The van der Waals surface area contributed by atoms with Crippen LogP contribution in [0.3, 0.4) is 0 Å². The molecule has 1 aromatic rings. The zero-order valence-electron chi connectivity index (χ0n) is 6.47. The van der Waals surface area contributed by atoms with Gasteiger partial charge in [-0.2, -0.15) is 0 Å². The minimum atomic E-state index is -0.986. The van der Waals surface area contributed by atoms with Crippen molar-refractivity contribution >= 4 is 5.97 Å². The summed E-state index contributed by atoms with van der Waals surface area (Å²) < 4.78 is 1.92. The van der Waals surface area contributed by atoms with Crippen LogP contribution in [0.5, 0.6) is 0 Å². The van der Waals surface area contributed by atoms with E-state index in [-0.39, 0.29) is 0 Å². The predicted molar refractivity (Wildman–Crippen MR) is 36.9 cm³/mol. The normalized spacial score (nSPS) is 12.9. The Balaban J connectivity index is 2.58. The van der Waals surface area contributed by atoms with Crippen molar-refractivity contribution in [3.05, 3.63) is 18.2 Å². The molecule has 0 aliphatic carbocycles. The molecule has 0 aliphatic heterocycles. The summed E-state index contributed by atoms with van der Waals surface area (Å²) in [6, 6.07) is -0.842. The van der Waals surface area contributed by atoms with E-state index < -0.39 is 12.0 Å². The molecule has 6 heteroatoms. The number of nitrogens with zero attached hydrogens (tertiary/aromatic N) is 2. The standard InChI is InChI=1S/C6H9N3O2.Cd/c7-5(6(10)11)1-4-2-8-3-9-4;/h2-3,5H,1,7H2,(H2,8,9,10,11);/q;+1/p-1/t5-;/m1./s1. The number of carboxylic acids is 1. The molecular formula is C6H8CdN3O2. The van der Waals surface area contributed by atoms with Crippen molar-refractivity contribution in [3.8, 4) is 0 Å². The second kappa shape index (κ2) is 3.99. The van der Waals surface area contributed by atoms with Crippen LogP contribution in [0.4, 0.5) is 0 Å². The number of rotatable bonds is 3. The van der Waals surface area contributed by atoms with Gasteiger partial charge in [0.25, 0.3) is 0 Å². The van der Waals surface area contributed by atoms with Crippen LogP contribution < -0.4 is 5.73 Å². The third-order valence-corrected chi connectivity index (χ3v) is 2.42. The molecule has 0 spiro atoms. The van der Waals surface area contributed by atoms with E-state index in [9.17, 15) is 4.79 Å². The molecule has 0 fully saturated rings. The molecule has 1 aromatic heterocycles. The summed E-state index contributed by atoms with van der Waals surface area (Å²) >= 11 is 0.641. The molecule has 0 radical (unpaired) electrons. The fourth-order valence-electron chi connectivity index (χ4n) is 0.824. The molecule has 3 N–H and O–H groups in total. The average molecular weight is 267 g/mol. The summed E-state index contributed by atoms with van der Waals surface area (Å²) in [5.41, 5.74) is 6.07. The number of nitrogens with two attached hydrogens (primary N) is 1. The molecule has 5 nitrogen and oxygen atoms in total. The van der Waals surface area contributed by atoms with Gasteiger partial charge in [-0.25, -0.2) is 0 Å². The number of hydrogen-bond donors (Lipinski definition) is 2. The Morgan fingerprint density at radius 3 is 3.00 bits per heavy atom. The number of aliphatic carboxylic acids is 1. The molecule has 0 saturated heterocycles. The van der Waals surface area contributed by atoms with Gasteiger partial charge in [0, 0.05) is 0 Å². The second-order valence-corrected chi connectivity index (χ2v) is 4.61. The Kier molecular flexibility index (Phi) is 3.21. The van der Waals surface area contributed by atoms with E-state index >= 15 is 0 Å². The van der Waals surface area contributed by atoms with E-state index in [1.807, 2.05) is 8.57 Å². The first-order valence-electron chi connectivity index (χ1n) is 3.41. The van der Waals surface area contributed by atoms with Gasteiger partial charge >= 0.3 is 85.7 Å². The first-order valence-corrected chi connectivity index (χ1v) is 5.22. The van der Waals surface area contributed by atoms with E-state index in [0.29, 0.717) is 32.5 Å². The molecule has 0 aliphatic rings. The van der Waals surface area contributed by atoms with Crippen molar-refractivity contribution in [1.82, 2.24) is 7.36 Å². The van der Waals surface area contributed by atoms with Crippen LogP contribution in [-0.4, -0.2) is 24.5 Å². The maximum atomic E-state index is 10.4. The Labute approximate surface area is 85.7 Å². The van der Waals surface area contributed by atoms with Gasteiger partial charge in [0.15, 0.2) is 0 Å². The van der Waals surface area contributed by atoms with Gasteiger partial charge in [0.1, 0.15) is 0 Å². The number of aromatic nitrogens is 2. The Bertz CT molecular complexity index is 286. The topological polar surface area (TPSA) is 81.1 Å². The van der Waals surface area contributed by atoms with Crippen LogP contribution in [-0.2, 0) is 37.3 Å². The van der Waals surface area contributed by atoms with Crippen LogP contribution in [0.1, 0.15) is 5.69 Å². The fraction of sp³-hybridized carbons (Fsp3) is 0.333. The summed E-state index contributed by atoms with van der Waals surface area (Å²) in [4.78, 5) is 14.4. The maximum absolute atomic E-state index is 10.4. The van der Waals surface area contributed by atoms with Gasteiger partial charge in [0.2, 0.25) is 0 Å². The molecule has 0 unspecified atom stereocenters. The summed E-state index contributed by atoms with van der Waals surface area (Å²) in [6.45, 7) is 0. The van der Waals surface area contributed by atoms with Crippen molar-refractivity contribution in [2.75, 3.05) is 0 Å². The molecule has 0 bridgehead atoms. The molecule has 1 heterocycles. The monoisotopic (exact) mass is 268 g/mol.